The molecule has 15 amide bonds. The van der Waals surface area contributed by atoms with Crippen LogP contribution in [0, 0.1) is 17.8 Å². The number of carbonyl (C=O) groups is 17. The molecule has 618 valence electrons. The van der Waals surface area contributed by atoms with Gasteiger partial charge in [0.1, 0.15) is 72.5 Å². The van der Waals surface area contributed by atoms with Gasteiger partial charge in [-0.15, -0.1) is 0 Å². The fraction of sp³-hybridized carbons (Fsp3) is 0.597. The number of carbonyl (C=O) groups excluding carboxylic acids is 15. The van der Waals surface area contributed by atoms with Crippen molar-refractivity contribution in [1.29, 1.82) is 0 Å². The maximum atomic E-state index is 14.0. The number of nitrogens with two attached hydrogens (primary N) is 4. The molecule has 14 atom stereocenters. The highest BCUT2D eigenvalue weighted by Gasteiger charge is 2.38. The van der Waals surface area contributed by atoms with Crippen LogP contribution in [0.1, 0.15) is 137 Å². The number of hydrogen-bond acceptors (Lipinski definition) is 22. The molecule has 0 radical (unpaired) electrons. The monoisotopic (exact) mass is 1570 g/mol. The maximum Gasteiger partial charge on any atom is 0.326 e. The minimum absolute atomic E-state index is 0.0376. The molecule has 0 spiro atoms. The van der Waals surface area contributed by atoms with Gasteiger partial charge in [0.05, 0.1) is 38.8 Å². The highest BCUT2D eigenvalue weighted by Crippen LogP contribution is 2.15. The van der Waals surface area contributed by atoms with Gasteiger partial charge in [-0.3, -0.25) is 76.7 Å². The lowest BCUT2D eigenvalue weighted by molar-refractivity contribution is -0.142. The number of benzene rings is 2. The summed E-state index contributed by atoms with van der Waals surface area (Å²) in [6.07, 6.45) is -2.15. The molecule has 0 bridgehead atoms. The van der Waals surface area contributed by atoms with Crippen LogP contribution < -0.4 is 97.4 Å². The Morgan fingerprint density at radius 3 is 1.29 bits per heavy atom. The van der Waals surface area contributed by atoms with Crippen molar-refractivity contribution in [3.8, 4) is 0 Å². The maximum absolute atomic E-state index is 14.0. The summed E-state index contributed by atoms with van der Waals surface area (Å²) in [6.45, 7) is 9.15. The Morgan fingerprint density at radius 1 is 0.414 bits per heavy atom. The van der Waals surface area contributed by atoms with Crippen LogP contribution in [0.3, 0.4) is 0 Å². The first-order valence-electron chi connectivity index (χ1n) is 36.8. The van der Waals surface area contributed by atoms with Gasteiger partial charge in [0.15, 0.2) is 0 Å². The van der Waals surface area contributed by atoms with Crippen LogP contribution in [-0.4, -0.2) is 239 Å². The summed E-state index contributed by atoms with van der Waals surface area (Å²) in [5.41, 5.74) is 23.5. The normalized spacial score (nSPS) is 14.9. The lowest BCUT2D eigenvalue weighted by atomic mass is 9.96. The fourth-order valence-corrected chi connectivity index (χ4v) is 10.9. The summed E-state index contributed by atoms with van der Waals surface area (Å²) in [4.78, 5) is 227. The van der Waals surface area contributed by atoms with E-state index < -0.39 is 236 Å². The SMILES string of the molecule is CC[C@H](C)[C@H](NC(=O)[C@H](CCCCN)NC(=O)[C@H](CO)NC(=O)[C@H](CC(C)C)NC(=O)[C@@H](NC(=O)CNC(=O)[C@H](CCC(N)=O)NC(=O)[C@H](C)NC(=O)[C@H](CC(=O)O)NC(=O)[C@@H](NC(=O)CNC(=O)[C@H](CCCCN)NC(=O)[C@H](Cc1ccccc1)NC(=O)CN)C(C)C)[C@@H](C)O)C(=O)N[C@@H](Cc1ccccc1)C(=O)O. The second-order valence-corrected chi connectivity index (χ2v) is 27.6. The van der Waals surface area contributed by atoms with E-state index >= 15 is 0 Å². The summed E-state index contributed by atoms with van der Waals surface area (Å²) in [6, 6.07) is -1.16. The summed E-state index contributed by atoms with van der Waals surface area (Å²) < 4.78 is 0. The van der Waals surface area contributed by atoms with Gasteiger partial charge in [-0.2, -0.15) is 0 Å². The van der Waals surface area contributed by atoms with Gasteiger partial charge in [-0.1, -0.05) is 109 Å². The van der Waals surface area contributed by atoms with Crippen molar-refractivity contribution in [3.05, 3.63) is 71.8 Å². The van der Waals surface area contributed by atoms with Gasteiger partial charge in [-0.05, 0) is 107 Å². The first-order chi connectivity index (χ1) is 52.4. The van der Waals surface area contributed by atoms with E-state index in [1.54, 1.807) is 88.4 Å². The topological polar surface area (TPSA) is 644 Å². The van der Waals surface area contributed by atoms with Crippen LogP contribution >= 0.6 is 0 Å². The Hall–Kier alpha value is -10.8. The van der Waals surface area contributed by atoms with Crippen molar-refractivity contribution in [1.82, 2.24) is 74.4 Å². The molecule has 0 saturated carbocycles. The third-order valence-corrected chi connectivity index (χ3v) is 17.4. The predicted molar refractivity (Wildman–Crippen MR) is 401 cm³/mol. The summed E-state index contributed by atoms with van der Waals surface area (Å²) in [7, 11) is 0. The molecule has 0 aromatic heterocycles. The van der Waals surface area contributed by atoms with Crippen molar-refractivity contribution >= 4 is 101 Å². The van der Waals surface area contributed by atoms with Gasteiger partial charge in [0, 0.05) is 19.3 Å². The van der Waals surface area contributed by atoms with Crippen LogP contribution in [0.15, 0.2) is 60.7 Å². The molecule has 111 heavy (non-hydrogen) atoms. The van der Waals surface area contributed by atoms with Crippen LogP contribution in [0.4, 0.5) is 0 Å². The molecule has 39 nitrogen and oxygen atoms in total. The zero-order valence-electron chi connectivity index (χ0n) is 64.0. The van der Waals surface area contributed by atoms with E-state index in [0.717, 1.165) is 13.8 Å². The molecule has 0 aliphatic heterocycles. The van der Waals surface area contributed by atoms with Crippen LogP contribution in [0.25, 0.3) is 0 Å². The van der Waals surface area contributed by atoms with E-state index in [9.17, 15) is 102 Å². The molecule has 26 N–H and O–H groups in total. The number of aliphatic hydroxyl groups excluding tert-OH is 2. The second kappa shape index (κ2) is 50.8. The van der Waals surface area contributed by atoms with Gasteiger partial charge < -0.3 is 118 Å². The van der Waals surface area contributed by atoms with Gasteiger partial charge in [-0.25, -0.2) is 4.79 Å². The number of carboxylic acids is 2. The largest absolute Gasteiger partial charge is 0.481 e. The molecule has 0 unspecified atom stereocenters. The molecule has 39 heteroatoms. The molecule has 0 aliphatic carbocycles. The molecule has 0 aliphatic rings. The standard InChI is InChI=1S/C72H114N18O21/c1-9-40(6)59(70(108)86-51(72(110)111)32-44-22-14-11-15-23-44)90-64(102)46(25-17-19-29-74)83-68(106)52(37-91)87-66(104)48(30-38(2)3)84-71(109)60(42(8)92)89-56(96)36-78-63(101)47(26-27-53(76)93)81-61(99)41(7)79-65(103)50(33-57(97)98)85-69(107)58(39(4)5)88-55(95)35-77-62(100)45(24-16-18-28-73)82-67(105)49(80-54(94)34-75)31-43-20-12-10-13-21-43/h10-15,20-23,38-42,45-52,58-60,91-92H,9,16-19,24-37,73-75H2,1-8H3,(H2,76,93)(H,77,100)(H,78,101)(H,79,103)(H,80,94)(H,81,99)(H,82,105)(H,83,106)(H,84,109)(H,85,107)(H,86,108)(H,87,104)(H,88,95)(H,89,96)(H,90,102)(H,97,98)(H,110,111)/t40-,41-,42+,45-,46-,47-,48-,49-,50-,51-,52-,58-,59-,60-/m0/s1. The average Bonchev–Trinajstić information content (AvgIpc) is 0.836. The number of carboxylic acid groups (broad SMARTS) is 2. The van der Waals surface area contributed by atoms with Crippen LogP contribution in [-0.2, 0) is 94.3 Å². The van der Waals surface area contributed by atoms with Gasteiger partial charge in [0.25, 0.3) is 0 Å². The molecular formula is C72H114N18O21. The molecule has 2 aromatic rings. The summed E-state index contributed by atoms with van der Waals surface area (Å²) in [5.74, 6) is -19.4. The molecule has 2 rings (SSSR count). The fourth-order valence-electron chi connectivity index (χ4n) is 10.9. The number of rotatable bonds is 53. The van der Waals surface area contributed by atoms with Gasteiger partial charge in [0.2, 0.25) is 88.6 Å². The molecular weight excluding hydrogens is 1450 g/mol. The molecule has 0 fully saturated rings. The predicted octanol–water partition coefficient (Wildman–Crippen LogP) is -6.30. The van der Waals surface area contributed by atoms with Crippen LogP contribution in [0.2, 0.25) is 0 Å². The average molecular weight is 1570 g/mol. The number of amides is 15. The number of unbranched alkanes of at least 4 members (excludes halogenated alkanes) is 2. The van der Waals surface area contributed by atoms with Crippen LogP contribution in [0.5, 0.6) is 0 Å². The quantitative estimate of drug-likeness (QED) is 0.0274. The van der Waals surface area contributed by atoms with E-state index in [0.29, 0.717) is 36.8 Å². The van der Waals surface area contributed by atoms with E-state index in [1.807, 2.05) is 0 Å². The third kappa shape index (κ3) is 36.5. The first-order valence-corrected chi connectivity index (χ1v) is 36.8. The Balaban J connectivity index is 2.21. The Labute approximate surface area is 643 Å². The minimum atomic E-state index is -1.93. The Bertz CT molecular complexity index is 3440. The van der Waals surface area contributed by atoms with Crippen molar-refractivity contribution in [2.45, 2.75) is 217 Å². The number of nitrogens with one attached hydrogen (secondary N) is 14. The lowest BCUT2D eigenvalue weighted by Crippen LogP contribution is -2.61. The highest BCUT2D eigenvalue weighted by molar-refractivity contribution is 6.00. The third-order valence-electron chi connectivity index (χ3n) is 17.4. The Morgan fingerprint density at radius 2 is 0.829 bits per heavy atom. The van der Waals surface area contributed by atoms with Crippen molar-refractivity contribution in [3.63, 3.8) is 0 Å². The molecule has 0 heterocycles. The van der Waals surface area contributed by atoms with E-state index in [-0.39, 0.29) is 57.5 Å². The first kappa shape index (κ1) is 96.3. The minimum Gasteiger partial charge on any atom is -0.481 e. The summed E-state index contributed by atoms with van der Waals surface area (Å²) in [5, 5.41) is 74.6. The lowest BCUT2D eigenvalue weighted by Gasteiger charge is -2.29. The van der Waals surface area contributed by atoms with E-state index in [2.05, 4.69) is 74.4 Å². The van der Waals surface area contributed by atoms with Crippen molar-refractivity contribution in [2.24, 2.45) is 40.7 Å². The molecule has 0 saturated heterocycles. The summed E-state index contributed by atoms with van der Waals surface area (Å²) >= 11 is 0. The Kier molecular flexibility index (Phi) is 44.1. The smallest absolute Gasteiger partial charge is 0.326 e. The second-order valence-electron chi connectivity index (χ2n) is 27.6. The zero-order chi connectivity index (χ0) is 83.6. The number of aliphatic hydroxyl groups is 2. The highest BCUT2D eigenvalue weighted by atomic mass is 16.4. The molecule has 2 aromatic carbocycles. The number of primary amides is 1. The van der Waals surface area contributed by atoms with Crippen molar-refractivity contribution in [2.75, 3.05) is 39.3 Å². The van der Waals surface area contributed by atoms with E-state index in [1.165, 1.54) is 13.8 Å². The van der Waals surface area contributed by atoms with Gasteiger partial charge >= 0.3 is 11.9 Å². The number of aliphatic carboxylic acids is 2. The number of hydrogen-bond donors (Lipinski definition) is 22. The van der Waals surface area contributed by atoms with E-state index in [4.69, 9.17) is 22.9 Å². The van der Waals surface area contributed by atoms with Crippen molar-refractivity contribution < 1.29 is 102 Å². The zero-order valence-corrected chi connectivity index (χ0v) is 64.0.